The standard InChI is InChI=1S/C16H22N2O3S2/c19-15(10-3-4-10)17-16-18(12-6-9-1-2-11(12)5-9)13-7-23(20,21)8-14(13)22-16/h9-14H,1-8H2/t9-,11-,12-,13-,14+/m1/s1. The molecule has 23 heavy (non-hydrogen) atoms. The zero-order valence-electron chi connectivity index (χ0n) is 13.1. The van der Waals surface area contributed by atoms with Crippen LogP contribution in [0.1, 0.15) is 38.5 Å². The van der Waals surface area contributed by atoms with Gasteiger partial charge in [0.1, 0.15) is 0 Å². The van der Waals surface area contributed by atoms with Crippen molar-refractivity contribution in [3.05, 3.63) is 0 Å². The highest BCUT2D eigenvalue weighted by Gasteiger charge is 2.54. The van der Waals surface area contributed by atoms with Crippen LogP contribution >= 0.6 is 11.8 Å². The van der Waals surface area contributed by atoms with Crippen molar-refractivity contribution in [3.8, 4) is 0 Å². The van der Waals surface area contributed by atoms with Gasteiger partial charge in [0.15, 0.2) is 15.0 Å². The molecule has 0 aromatic carbocycles. The fourth-order valence-electron chi connectivity index (χ4n) is 5.05. The summed E-state index contributed by atoms with van der Waals surface area (Å²) in [7, 11) is -2.94. The molecular formula is C16H22N2O3S2. The lowest BCUT2D eigenvalue weighted by Gasteiger charge is -2.36. The summed E-state index contributed by atoms with van der Waals surface area (Å²) in [6.07, 6.45) is 6.95. The first-order chi connectivity index (χ1) is 11.0. The van der Waals surface area contributed by atoms with E-state index in [-0.39, 0.29) is 34.6 Å². The molecule has 0 spiro atoms. The molecule has 7 heteroatoms. The molecule has 5 aliphatic rings. The Balaban J connectivity index is 1.47. The maximum Gasteiger partial charge on any atom is 0.251 e. The molecule has 3 aliphatic carbocycles. The zero-order chi connectivity index (χ0) is 15.8. The van der Waals surface area contributed by atoms with Gasteiger partial charge in [-0.2, -0.15) is 4.99 Å². The second-order valence-electron chi connectivity index (χ2n) is 7.96. The van der Waals surface area contributed by atoms with E-state index in [0.29, 0.717) is 12.0 Å². The second-order valence-corrected chi connectivity index (χ2v) is 11.3. The van der Waals surface area contributed by atoms with Crippen LogP contribution in [0.5, 0.6) is 0 Å². The molecule has 5 fully saturated rings. The minimum absolute atomic E-state index is 0.0171. The lowest BCUT2D eigenvalue weighted by molar-refractivity contribution is -0.118. The molecule has 0 aromatic heterocycles. The number of nitrogens with zero attached hydrogens (tertiary/aromatic N) is 2. The van der Waals surface area contributed by atoms with Crippen LogP contribution in [-0.2, 0) is 14.6 Å². The van der Waals surface area contributed by atoms with Crippen molar-refractivity contribution in [2.75, 3.05) is 11.5 Å². The summed E-state index contributed by atoms with van der Waals surface area (Å²) in [6, 6.07) is 0.454. The van der Waals surface area contributed by atoms with Crippen LogP contribution in [0, 0.1) is 17.8 Å². The first-order valence-corrected chi connectivity index (χ1v) is 11.5. The third-order valence-electron chi connectivity index (χ3n) is 6.30. The Labute approximate surface area is 141 Å². The van der Waals surface area contributed by atoms with E-state index in [1.807, 2.05) is 0 Å². The number of amidine groups is 1. The van der Waals surface area contributed by atoms with Crippen molar-refractivity contribution in [2.45, 2.75) is 55.9 Å². The normalized spacial score (nSPS) is 45.8. The number of fused-ring (bicyclic) bond motifs is 3. The van der Waals surface area contributed by atoms with Crippen LogP contribution in [0.25, 0.3) is 0 Å². The highest BCUT2D eigenvalue weighted by atomic mass is 32.2. The minimum Gasteiger partial charge on any atom is -0.343 e. The van der Waals surface area contributed by atoms with Gasteiger partial charge in [0.05, 0.1) is 17.5 Å². The van der Waals surface area contributed by atoms with Crippen LogP contribution in [0.15, 0.2) is 4.99 Å². The van der Waals surface area contributed by atoms with E-state index >= 15 is 0 Å². The Hall–Kier alpha value is -0.560. The number of carbonyl (C=O) groups is 1. The molecule has 5 nitrogen and oxygen atoms in total. The third-order valence-corrected chi connectivity index (χ3v) is 9.52. The number of sulfone groups is 1. The summed E-state index contributed by atoms with van der Waals surface area (Å²) in [5.41, 5.74) is 0. The van der Waals surface area contributed by atoms with Crippen LogP contribution in [0.3, 0.4) is 0 Å². The van der Waals surface area contributed by atoms with Crippen LogP contribution < -0.4 is 0 Å². The SMILES string of the molecule is O=C(N=C1S[C@H]2CS(=O)(=O)C[C@H]2N1[C@@H]1C[C@@H]2CC[C@@H]1C2)C1CC1. The van der Waals surface area contributed by atoms with E-state index in [9.17, 15) is 13.2 Å². The number of hydrogen-bond donors (Lipinski definition) is 0. The monoisotopic (exact) mass is 354 g/mol. The summed E-state index contributed by atoms with van der Waals surface area (Å²) in [6.45, 7) is 0. The average Bonchev–Trinajstić information content (AvgIpc) is 2.86. The molecule has 1 amide bonds. The van der Waals surface area contributed by atoms with E-state index in [4.69, 9.17) is 0 Å². The highest BCUT2D eigenvalue weighted by molar-refractivity contribution is 8.15. The number of carbonyl (C=O) groups excluding carboxylic acids is 1. The van der Waals surface area contributed by atoms with Crippen molar-refractivity contribution in [3.63, 3.8) is 0 Å². The molecule has 126 valence electrons. The zero-order valence-corrected chi connectivity index (χ0v) is 14.7. The third kappa shape index (κ3) is 2.46. The van der Waals surface area contributed by atoms with Gasteiger partial charge >= 0.3 is 0 Å². The van der Waals surface area contributed by atoms with Crippen LogP contribution in [0.2, 0.25) is 0 Å². The van der Waals surface area contributed by atoms with Gasteiger partial charge in [-0.1, -0.05) is 18.2 Å². The maximum absolute atomic E-state index is 12.2. The maximum atomic E-state index is 12.2. The van der Waals surface area contributed by atoms with Gasteiger partial charge in [0.2, 0.25) is 0 Å². The second kappa shape index (κ2) is 4.97. The number of hydrogen-bond acceptors (Lipinski definition) is 4. The van der Waals surface area contributed by atoms with Crippen LogP contribution in [0.4, 0.5) is 0 Å². The number of thioether (sulfide) groups is 1. The van der Waals surface area contributed by atoms with Gasteiger partial charge in [-0.15, -0.1) is 0 Å². The fraction of sp³-hybridized carbons (Fsp3) is 0.875. The Morgan fingerprint density at radius 3 is 2.57 bits per heavy atom. The summed E-state index contributed by atoms with van der Waals surface area (Å²) < 4.78 is 24.1. The topological polar surface area (TPSA) is 66.8 Å². The van der Waals surface area contributed by atoms with E-state index in [1.54, 1.807) is 11.8 Å². The Kier molecular flexibility index (Phi) is 3.19. The molecule has 2 saturated heterocycles. The van der Waals surface area contributed by atoms with Gasteiger partial charge in [0, 0.05) is 17.2 Å². The molecule has 2 aliphatic heterocycles. The Morgan fingerprint density at radius 2 is 1.91 bits per heavy atom. The average molecular weight is 354 g/mol. The van der Waals surface area contributed by atoms with Gasteiger partial charge in [-0.25, -0.2) is 8.42 Å². The van der Waals surface area contributed by atoms with Crippen molar-refractivity contribution in [1.82, 2.24) is 4.90 Å². The summed E-state index contributed by atoms with van der Waals surface area (Å²) >= 11 is 1.56. The first kappa shape index (κ1) is 14.8. The van der Waals surface area contributed by atoms with Gasteiger partial charge < -0.3 is 4.90 Å². The quantitative estimate of drug-likeness (QED) is 0.755. The summed E-state index contributed by atoms with van der Waals surface area (Å²) in [4.78, 5) is 18.9. The number of amides is 1. The lowest BCUT2D eigenvalue weighted by Crippen LogP contribution is -2.47. The number of rotatable bonds is 2. The van der Waals surface area contributed by atoms with Crippen LogP contribution in [-0.4, -0.2) is 53.2 Å². The molecule has 0 N–H and O–H groups in total. The van der Waals surface area contributed by atoms with Crippen molar-refractivity contribution >= 4 is 32.7 Å². The van der Waals surface area contributed by atoms with E-state index < -0.39 is 9.84 Å². The summed E-state index contributed by atoms with van der Waals surface area (Å²) in [5.74, 6) is 2.11. The molecule has 2 heterocycles. The van der Waals surface area contributed by atoms with Crippen molar-refractivity contribution in [1.29, 1.82) is 0 Å². The Morgan fingerprint density at radius 1 is 1.09 bits per heavy atom. The molecule has 2 bridgehead atoms. The predicted octanol–water partition coefficient (Wildman–Crippen LogP) is 1.68. The molecule has 5 atom stereocenters. The van der Waals surface area contributed by atoms with E-state index in [0.717, 1.165) is 30.3 Å². The fourth-order valence-corrected chi connectivity index (χ4v) is 9.02. The Bertz CT molecular complexity index is 685. The summed E-state index contributed by atoms with van der Waals surface area (Å²) in [5, 5.41) is 0.911. The van der Waals surface area contributed by atoms with Gasteiger partial charge in [0.25, 0.3) is 5.91 Å². The van der Waals surface area contributed by atoms with Crippen molar-refractivity contribution in [2.24, 2.45) is 22.7 Å². The molecule has 3 saturated carbocycles. The minimum atomic E-state index is -2.94. The largest absolute Gasteiger partial charge is 0.343 e. The molecule has 0 unspecified atom stereocenters. The predicted molar refractivity (Wildman–Crippen MR) is 90.1 cm³/mol. The number of aliphatic imine (C=N–C) groups is 1. The molecule has 5 rings (SSSR count). The smallest absolute Gasteiger partial charge is 0.251 e. The highest BCUT2D eigenvalue weighted by Crippen LogP contribution is 2.51. The first-order valence-electron chi connectivity index (χ1n) is 8.78. The van der Waals surface area contributed by atoms with Gasteiger partial charge in [-0.3, -0.25) is 4.79 Å². The van der Waals surface area contributed by atoms with Crippen molar-refractivity contribution < 1.29 is 13.2 Å². The molecule has 0 aromatic rings. The van der Waals surface area contributed by atoms with E-state index in [1.165, 1.54) is 19.3 Å². The van der Waals surface area contributed by atoms with Gasteiger partial charge in [-0.05, 0) is 43.9 Å². The molecule has 0 radical (unpaired) electrons. The van der Waals surface area contributed by atoms with E-state index in [2.05, 4.69) is 9.89 Å². The molecular weight excluding hydrogens is 332 g/mol. The lowest BCUT2D eigenvalue weighted by atomic mass is 9.93.